The number of aromatic nitrogens is 4. The van der Waals surface area contributed by atoms with E-state index in [9.17, 15) is 0 Å². The Hall–Kier alpha value is -2.41. The Morgan fingerprint density at radius 2 is 1.97 bits per heavy atom. The van der Waals surface area contributed by atoms with Gasteiger partial charge in [0.2, 0.25) is 0 Å². The highest BCUT2D eigenvalue weighted by Gasteiger charge is 2.30. The second-order valence-electron chi connectivity index (χ2n) is 9.92. The first kappa shape index (κ1) is 21.1. The zero-order valence-corrected chi connectivity index (χ0v) is 20.2. The number of hydrogen-bond donors (Lipinski definition) is 1. The lowest BCUT2D eigenvalue weighted by Crippen LogP contribution is -2.51. The van der Waals surface area contributed by atoms with Gasteiger partial charge >= 0.3 is 0 Å². The Balaban J connectivity index is 1.40. The summed E-state index contributed by atoms with van der Waals surface area (Å²) in [5.41, 5.74) is 7.96. The minimum atomic E-state index is 0.374. The first-order valence-corrected chi connectivity index (χ1v) is 12.3. The highest BCUT2D eigenvalue weighted by atomic mass is 35.5. The topological polar surface area (TPSA) is 58.5 Å². The highest BCUT2D eigenvalue weighted by molar-refractivity contribution is 6.34. The molecule has 33 heavy (non-hydrogen) atoms. The highest BCUT2D eigenvalue weighted by Crippen LogP contribution is 2.40. The number of likely N-dealkylation sites (tertiary alicyclic amines) is 1. The zero-order chi connectivity index (χ0) is 22.7. The van der Waals surface area contributed by atoms with Gasteiger partial charge in [-0.25, -0.2) is 0 Å². The maximum Gasteiger partial charge on any atom is 0.179 e. The monoisotopic (exact) mass is 463 g/mol. The summed E-state index contributed by atoms with van der Waals surface area (Å²) < 4.78 is 7.30. The third-order valence-electron chi connectivity index (χ3n) is 7.62. The van der Waals surface area contributed by atoms with Gasteiger partial charge in [0.15, 0.2) is 5.65 Å². The minimum absolute atomic E-state index is 0.374. The molecule has 2 saturated heterocycles. The van der Waals surface area contributed by atoms with Gasteiger partial charge in [-0.15, -0.1) is 10.2 Å². The van der Waals surface area contributed by atoms with Gasteiger partial charge in [-0.05, 0) is 73.5 Å². The summed E-state index contributed by atoms with van der Waals surface area (Å²) in [4.78, 5) is 6.33. The number of piperidine rings is 1. The maximum atomic E-state index is 6.68. The number of benzene rings is 1. The largest absolute Gasteiger partial charge is 0.378 e. The molecule has 2 aliphatic rings. The van der Waals surface area contributed by atoms with Crippen LogP contribution in [0.5, 0.6) is 0 Å². The molecule has 5 heterocycles. The van der Waals surface area contributed by atoms with E-state index in [2.05, 4.69) is 65.2 Å². The maximum absolute atomic E-state index is 6.68. The number of pyridine rings is 1. The van der Waals surface area contributed by atoms with Crippen molar-refractivity contribution in [1.29, 1.82) is 0 Å². The van der Waals surface area contributed by atoms with Crippen molar-refractivity contribution in [3.63, 3.8) is 0 Å². The van der Waals surface area contributed by atoms with Crippen molar-refractivity contribution in [3.05, 3.63) is 52.4 Å². The van der Waals surface area contributed by atoms with Crippen LogP contribution in [0.15, 0.2) is 30.7 Å². The molecule has 0 saturated carbocycles. The van der Waals surface area contributed by atoms with Gasteiger partial charge in [0, 0.05) is 22.7 Å². The summed E-state index contributed by atoms with van der Waals surface area (Å²) >= 11 is 6.68. The van der Waals surface area contributed by atoms with Crippen molar-refractivity contribution >= 4 is 28.2 Å². The molecule has 6 nitrogen and oxygen atoms in total. The predicted octanol–water partition coefficient (Wildman–Crippen LogP) is 5.54. The molecule has 0 atom stereocenters. The summed E-state index contributed by atoms with van der Waals surface area (Å²) in [6.45, 7) is 10.8. The fourth-order valence-electron chi connectivity index (χ4n) is 5.60. The number of aromatic amines is 1. The SMILES string of the molecule is Cc1c(-c2[nH]c3ccc(C4CCN(C5COC5)CC4)cc3c2C(C)C)cn2cnnc2c1Cl. The summed E-state index contributed by atoms with van der Waals surface area (Å²) in [6, 6.07) is 7.67. The molecule has 0 bridgehead atoms. The lowest BCUT2D eigenvalue weighted by atomic mass is 9.87. The van der Waals surface area contributed by atoms with Crippen molar-refractivity contribution in [1.82, 2.24) is 24.5 Å². The molecule has 2 fully saturated rings. The third-order valence-corrected chi connectivity index (χ3v) is 8.07. The summed E-state index contributed by atoms with van der Waals surface area (Å²) in [6.07, 6.45) is 6.24. The van der Waals surface area contributed by atoms with Gasteiger partial charge in [-0.1, -0.05) is 31.5 Å². The second-order valence-corrected chi connectivity index (χ2v) is 10.3. The first-order chi connectivity index (χ1) is 16.0. The number of fused-ring (bicyclic) bond motifs is 2. The Bertz CT molecular complexity index is 1330. The smallest absolute Gasteiger partial charge is 0.179 e. The van der Waals surface area contributed by atoms with Crippen LogP contribution in [-0.4, -0.2) is 56.8 Å². The van der Waals surface area contributed by atoms with E-state index in [1.165, 1.54) is 48.0 Å². The second kappa shape index (κ2) is 8.12. The van der Waals surface area contributed by atoms with Crippen LogP contribution in [0, 0.1) is 6.92 Å². The molecule has 0 unspecified atom stereocenters. The van der Waals surface area contributed by atoms with Crippen LogP contribution in [0.2, 0.25) is 5.02 Å². The number of hydrogen-bond acceptors (Lipinski definition) is 4. The number of nitrogens with zero attached hydrogens (tertiary/aromatic N) is 4. The molecule has 0 radical (unpaired) electrons. The average Bonchev–Trinajstić information content (AvgIpc) is 3.39. The van der Waals surface area contributed by atoms with E-state index in [0.717, 1.165) is 30.0 Å². The van der Waals surface area contributed by atoms with Crippen molar-refractivity contribution in [2.45, 2.75) is 51.5 Å². The number of H-pyrrole nitrogens is 1. The molecule has 3 aromatic heterocycles. The van der Waals surface area contributed by atoms with Crippen molar-refractivity contribution in [3.8, 4) is 11.3 Å². The lowest BCUT2D eigenvalue weighted by molar-refractivity contribution is -0.0712. The van der Waals surface area contributed by atoms with Crippen LogP contribution in [-0.2, 0) is 4.74 Å². The fraction of sp³-hybridized carbons (Fsp3) is 0.462. The summed E-state index contributed by atoms with van der Waals surface area (Å²) in [7, 11) is 0. The van der Waals surface area contributed by atoms with E-state index in [0.29, 0.717) is 28.5 Å². The van der Waals surface area contributed by atoms with Crippen LogP contribution in [0.4, 0.5) is 0 Å². The summed E-state index contributed by atoms with van der Waals surface area (Å²) in [5.74, 6) is 0.994. The number of ether oxygens (including phenoxy) is 1. The molecule has 0 amide bonds. The number of rotatable bonds is 4. The third kappa shape index (κ3) is 3.47. The fourth-order valence-corrected chi connectivity index (χ4v) is 5.83. The quantitative estimate of drug-likeness (QED) is 0.431. The molecule has 1 aromatic carbocycles. The molecule has 172 valence electrons. The van der Waals surface area contributed by atoms with Crippen molar-refractivity contribution in [2.75, 3.05) is 26.3 Å². The average molecular weight is 464 g/mol. The molecule has 6 rings (SSSR count). The Morgan fingerprint density at radius 3 is 2.67 bits per heavy atom. The molecule has 0 spiro atoms. The van der Waals surface area contributed by atoms with Crippen LogP contribution >= 0.6 is 11.6 Å². The lowest BCUT2D eigenvalue weighted by Gasteiger charge is -2.41. The predicted molar refractivity (Wildman–Crippen MR) is 132 cm³/mol. The molecule has 1 N–H and O–H groups in total. The molecule has 7 heteroatoms. The van der Waals surface area contributed by atoms with Crippen LogP contribution in [0.3, 0.4) is 0 Å². The Morgan fingerprint density at radius 1 is 1.18 bits per heavy atom. The van der Waals surface area contributed by atoms with Gasteiger partial charge in [-0.3, -0.25) is 9.30 Å². The Labute approximate surface area is 198 Å². The van der Waals surface area contributed by atoms with Crippen molar-refractivity contribution < 1.29 is 4.74 Å². The van der Waals surface area contributed by atoms with E-state index >= 15 is 0 Å². The van der Waals surface area contributed by atoms with E-state index in [-0.39, 0.29) is 0 Å². The van der Waals surface area contributed by atoms with Gasteiger partial charge < -0.3 is 9.72 Å². The molecular weight excluding hydrogens is 434 g/mol. The normalized spacial score (nSPS) is 18.6. The molecule has 2 aliphatic heterocycles. The molecule has 4 aromatic rings. The van der Waals surface area contributed by atoms with E-state index in [1.54, 1.807) is 6.33 Å². The Kier molecular flexibility index (Phi) is 5.20. The van der Waals surface area contributed by atoms with Crippen LogP contribution < -0.4 is 0 Å². The number of halogens is 1. The number of nitrogens with one attached hydrogen (secondary N) is 1. The van der Waals surface area contributed by atoms with E-state index in [4.69, 9.17) is 16.3 Å². The molecular formula is C26H30ClN5O. The van der Waals surface area contributed by atoms with Crippen LogP contribution in [0.25, 0.3) is 27.8 Å². The zero-order valence-electron chi connectivity index (χ0n) is 19.4. The van der Waals surface area contributed by atoms with Gasteiger partial charge in [-0.2, -0.15) is 0 Å². The van der Waals surface area contributed by atoms with E-state index in [1.807, 2.05) is 4.40 Å². The van der Waals surface area contributed by atoms with Crippen LogP contribution in [0.1, 0.15) is 55.2 Å². The van der Waals surface area contributed by atoms with E-state index < -0.39 is 0 Å². The van der Waals surface area contributed by atoms with Gasteiger partial charge in [0.1, 0.15) is 6.33 Å². The van der Waals surface area contributed by atoms with Gasteiger partial charge in [0.05, 0.1) is 30.0 Å². The van der Waals surface area contributed by atoms with Crippen molar-refractivity contribution in [2.24, 2.45) is 0 Å². The summed E-state index contributed by atoms with van der Waals surface area (Å²) in [5, 5.41) is 10.2. The molecule has 0 aliphatic carbocycles. The standard InChI is InChI=1S/C26H30ClN5O/c1-15(2)23-20-10-18(17-6-8-31(9-7-17)19-12-33-13-19)4-5-22(20)29-25(23)21-11-32-14-28-30-26(32)24(27)16(21)3/h4-5,10-11,14-15,17,19,29H,6-9,12-13H2,1-3H3. The van der Waals surface area contributed by atoms with Gasteiger partial charge in [0.25, 0.3) is 0 Å². The minimum Gasteiger partial charge on any atom is -0.378 e. The first-order valence-electron chi connectivity index (χ1n) is 12.0.